The van der Waals surface area contributed by atoms with Gasteiger partial charge >= 0.3 is 12.0 Å². The number of aromatic carboxylic acids is 1. The fraction of sp³-hybridized carbons (Fsp3) is 0.606. The Morgan fingerprint density at radius 2 is 1.34 bits per heavy atom. The van der Waals surface area contributed by atoms with Gasteiger partial charge in [-0.1, -0.05) is 138 Å². The summed E-state index contributed by atoms with van der Waals surface area (Å²) in [5.74, 6) is 3.64. The molecule has 2 amide bonds. The molecule has 0 radical (unpaired) electrons. The van der Waals surface area contributed by atoms with Crippen LogP contribution in [0.15, 0.2) is 60.8 Å². The molecule has 3 atom stereocenters. The number of phenolic OH excluding ortho intramolecular Hbond substituents is 1. The first kappa shape index (κ1) is 70.0. The standard InChI is InChI=1S/C25H22O4.C15H29N3O3.C13H24N2OS.C13H24O3/c1-14-5-8-18-21(11-14)29-22-13-16(26)7-10-19(22)23(18)17-9-6-15(25(2,3)4)12-20(17)24(27)28;1-5-18-12-14(16-17-18)13-21-11-10-20-9-8-19-7-6-15(2,3)4;1-13(2,3)7-5-4-6-10-11-9(8-17-10)14-12(16)15-11;1-5-7-14-9-11-16-12-10-15-8-6-13(2,3)4/h5-13,26H,1H2,2-4H3,(H,27,28);12H,5-11,13H2,1-4H3;9-11H,4-8H2,1-3H3,(H2,14,15,16);1H,6-12H2,2-4H3/t;;9-,10-,11-;/m..0./s1. The number of carbonyl (C=O) groups excluding carboxylic acids is 1. The van der Waals surface area contributed by atoms with Crippen LogP contribution in [0.4, 0.5) is 4.79 Å². The minimum Gasteiger partial charge on any atom is -0.508 e. The van der Waals surface area contributed by atoms with E-state index in [4.69, 9.17) is 39.6 Å². The zero-order valence-electron chi connectivity index (χ0n) is 52.3. The molecule has 1 aromatic heterocycles. The van der Waals surface area contributed by atoms with Crippen LogP contribution in [-0.2, 0) is 47.0 Å². The highest BCUT2D eigenvalue weighted by atomic mass is 32.2. The van der Waals surface area contributed by atoms with Gasteiger partial charge in [-0.25, -0.2) is 9.59 Å². The minimum atomic E-state index is -0.985. The third kappa shape index (κ3) is 26.6. The Labute approximate surface area is 500 Å². The molecule has 2 fully saturated rings. The first-order valence-electron chi connectivity index (χ1n) is 29.4. The lowest BCUT2D eigenvalue weighted by atomic mass is 9.82. The van der Waals surface area contributed by atoms with Crippen LogP contribution in [0.3, 0.4) is 0 Å². The van der Waals surface area contributed by atoms with E-state index < -0.39 is 5.97 Å². The maximum atomic E-state index is 12.2. The maximum Gasteiger partial charge on any atom is 0.336 e. The number of carboxylic acid groups (broad SMARTS) is 1. The van der Waals surface area contributed by atoms with Crippen molar-refractivity contribution in [3.05, 3.63) is 99.2 Å². The fourth-order valence-corrected chi connectivity index (χ4v) is 10.3. The normalized spacial score (nSPS) is 16.3. The predicted molar refractivity (Wildman–Crippen MR) is 333 cm³/mol. The lowest BCUT2D eigenvalue weighted by Gasteiger charge is -2.24. The maximum absolute atomic E-state index is 12.2. The number of phenols is 1. The van der Waals surface area contributed by atoms with Crippen molar-refractivity contribution in [2.24, 2.45) is 16.2 Å². The number of nitrogens with zero attached hydrogens (tertiary/aromatic N) is 3. The number of unbranched alkanes of at least 4 members (excludes halogenated alkanes) is 1. The van der Waals surface area contributed by atoms with E-state index in [1.165, 1.54) is 31.7 Å². The van der Waals surface area contributed by atoms with E-state index in [1.807, 2.05) is 55.2 Å². The zero-order chi connectivity index (χ0) is 61.2. The fourth-order valence-electron chi connectivity index (χ4n) is 8.77. The van der Waals surface area contributed by atoms with Gasteiger partial charge in [-0.15, -0.1) is 11.5 Å². The summed E-state index contributed by atoms with van der Waals surface area (Å²) < 4.78 is 40.0. The minimum absolute atomic E-state index is 0.0278. The third-order valence-electron chi connectivity index (χ3n) is 13.6. The number of carboxylic acids is 1. The number of benzene rings is 3. The number of hydrogen-bond donors (Lipinski definition) is 4. The largest absolute Gasteiger partial charge is 0.508 e. The summed E-state index contributed by atoms with van der Waals surface area (Å²) in [6.07, 6.45) is 14.2. The molecule has 0 spiro atoms. The molecular formula is C66H99N5O11S. The van der Waals surface area contributed by atoms with Gasteiger partial charge in [0.05, 0.1) is 83.3 Å². The number of hydrogen-bond acceptors (Lipinski definition) is 13. The molecule has 7 rings (SSSR count). The highest BCUT2D eigenvalue weighted by Gasteiger charge is 2.42. The third-order valence-corrected chi connectivity index (χ3v) is 15.1. The van der Waals surface area contributed by atoms with E-state index in [1.54, 1.807) is 22.9 Å². The van der Waals surface area contributed by atoms with Gasteiger partial charge in [-0.2, -0.15) is 11.8 Å². The molecule has 3 aromatic carbocycles. The first-order valence-corrected chi connectivity index (χ1v) is 30.4. The summed E-state index contributed by atoms with van der Waals surface area (Å²) in [7, 11) is 0. The molecule has 16 nitrogen and oxygen atoms in total. The van der Waals surface area contributed by atoms with Gasteiger partial charge in [0, 0.05) is 53.2 Å². The van der Waals surface area contributed by atoms with Crippen LogP contribution in [0.5, 0.6) is 17.2 Å². The lowest BCUT2D eigenvalue weighted by molar-refractivity contribution is 0.00639. The van der Waals surface area contributed by atoms with Crippen molar-refractivity contribution >= 4 is 35.9 Å². The smallest absolute Gasteiger partial charge is 0.336 e. The van der Waals surface area contributed by atoms with E-state index in [-0.39, 0.29) is 22.8 Å². The number of aromatic hydroxyl groups is 1. The van der Waals surface area contributed by atoms with Crippen molar-refractivity contribution in [3.63, 3.8) is 0 Å². The molecule has 3 aliphatic rings. The molecule has 0 unspecified atom stereocenters. The Hall–Kier alpha value is -5.45. The number of amides is 2. The van der Waals surface area contributed by atoms with Crippen molar-refractivity contribution in [2.45, 2.75) is 164 Å². The molecule has 83 heavy (non-hydrogen) atoms. The van der Waals surface area contributed by atoms with E-state index in [9.17, 15) is 19.8 Å². The van der Waals surface area contributed by atoms with Crippen molar-refractivity contribution in [1.29, 1.82) is 0 Å². The number of aryl methyl sites for hydroxylation is 1. The summed E-state index contributed by atoms with van der Waals surface area (Å²) in [6, 6.07) is 16.8. The van der Waals surface area contributed by atoms with Gasteiger partial charge in [-0.05, 0) is 94.9 Å². The number of thioether (sulfide) groups is 1. The summed E-state index contributed by atoms with van der Waals surface area (Å²) >= 11 is 2.02. The number of fused-ring (bicyclic) bond motifs is 3. The summed E-state index contributed by atoms with van der Waals surface area (Å²) in [4.78, 5) is 23.4. The quantitative estimate of drug-likeness (QED) is 0.0232. The number of aromatic nitrogens is 3. The highest BCUT2D eigenvalue weighted by Crippen LogP contribution is 2.40. The second-order valence-electron chi connectivity index (χ2n) is 25.7. The molecule has 4 N–H and O–H groups in total. The predicted octanol–water partition coefficient (Wildman–Crippen LogP) is 11.3. The van der Waals surface area contributed by atoms with E-state index in [2.05, 4.69) is 117 Å². The Kier molecular flexibility index (Phi) is 29.1. The second kappa shape index (κ2) is 34.5. The van der Waals surface area contributed by atoms with Gasteiger partial charge in [0.25, 0.3) is 0 Å². The lowest BCUT2D eigenvalue weighted by Crippen LogP contribution is -2.36. The molecule has 0 aliphatic carbocycles. The van der Waals surface area contributed by atoms with E-state index >= 15 is 0 Å². The second-order valence-corrected chi connectivity index (χ2v) is 26.9. The summed E-state index contributed by atoms with van der Waals surface area (Å²) in [5.41, 5.74) is 5.09. The monoisotopic (exact) mass is 1170 g/mol. The average molecular weight is 1170 g/mol. The molecular weight excluding hydrogens is 1070 g/mol. The number of rotatable bonds is 26. The van der Waals surface area contributed by atoms with Gasteiger partial charge in [0.1, 0.15) is 29.5 Å². The number of nitrogens with one attached hydrogen (secondary N) is 2. The molecule has 0 saturated carbocycles. The summed E-state index contributed by atoms with van der Waals surface area (Å²) in [6.45, 7) is 40.3. The Bertz CT molecular complexity index is 2770. The number of carbonyl (C=O) groups is 2. The Morgan fingerprint density at radius 1 is 0.747 bits per heavy atom. The average Bonchev–Trinajstić information content (AvgIpc) is 4.30. The van der Waals surface area contributed by atoms with Crippen LogP contribution in [0.25, 0.3) is 12.2 Å². The molecule has 0 bridgehead atoms. The molecule has 4 aromatic rings. The molecule has 17 heteroatoms. The first-order chi connectivity index (χ1) is 39.2. The number of urea groups is 1. The van der Waals surface area contributed by atoms with Crippen LogP contribution in [0.1, 0.15) is 161 Å². The zero-order valence-corrected chi connectivity index (χ0v) is 53.1. The van der Waals surface area contributed by atoms with Crippen molar-refractivity contribution < 1.29 is 53.0 Å². The number of terminal acetylenes is 1. The molecule has 4 heterocycles. The molecule has 2 saturated heterocycles. The topological polar surface area (TPSA) is 194 Å². The molecule has 3 aliphatic heterocycles. The van der Waals surface area contributed by atoms with E-state index in [0.29, 0.717) is 117 Å². The Balaban J connectivity index is 0.000000246. The van der Waals surface area contributed by atoms with Gasteiger partial charge in [-0.3, -0.25) is 4.68 Å². The Morgan fingerprint density at radius 3 is 1.90 bits per heavy atom. The summed E-state index contributed by atoms with van der Waals surface area (Å²) in [5, 5.41) is 36.1. The highest BCUT2D eigenvalue weighted by molar-refractivity contribution is 8.00. The van der Waals surface area contributed by atoms with Crippen molar-refractivity contribution in [1.82, 2.24) is 25.6 Å². The molecule has 460 valence electrons. The van der Waals surface area contributed by atoms with Gasteiger partial charge < -0.3 is 54.0 Å². The van der Waals surface area contributed by atoms with Gasteiger partial charge in [0.15, 0.2) is 0 Å². The van der Waals surface area contributed by atoms with Crippen LogP contribution in [0, 0.1) is 28.6 Å². The van der Waals surface area contributed by atoms with Crippen LogP contribution in [0.2, 0.25) is 0 Å². The van der Waals surface area contributed by atoms with Crippen molar-refractivity contribution in [3.8, 4) is 29.6 Å². The van der Waals surface area contributed by atoms with Crippen LogP contribution < -0.4 is 25.8 Å². The van der Waals surface area contributed by atoms with Crippen LogP contribution in [-0.4, -0.2) is 133 Å². The van der Waals surface area contributed by atoms with Gasteiger partial charge in [0.2, 0.25) is 0 Å². The SMILES string of the molecule is C#CCOCCOCCOCCC(C)(C)C.C=c1ccc2c(c1)Oc1cc(O)ccc1C=2c1ccc(C(C)(C)C)cc1C(=O)O.CC(C)(C)CCCC[C@@H]1SC[C@@H]2NC(=O)N[C@@H]21.CCn1cc(COCCOCCOCCC(C)(C)C)nn1. The van der Waals surface area contributed by atoms with Crippen LogP contribution >= 0.6 is 11.8 Å². The van der Waals surface area contributed by atoms with Crippen molar-refractivity contribution in [2.75, 3.05) is 78.4 Å². The van der Waals surface area contributed by atoms with E-state index in [0.717, 1.165) is 71.2 Å². The number of ether oxygens (including phenoxy) is 7.